The van der Waals surface area contributed by atoms with Crippen LogP contribution in [0.3, 0.4) is 0 Å². The molecule has 3 N–H and O–H groups in total. The minimum absolute atomic E-state index is 0. The Bertz CT molecular complexity index is 819. The molecule has 1 aromatic heterocycles. The highest BCUT2D eigenvalue weighted by Gasteiger charge is 2.38. The zero-order valence-corrected chi connectivity index (χ0v) is 17.5. The standard InChI is InChI=1S/C20H25N3O3S.ClH/c1-25-14-7-5-13(6-8-14)18-22-15-3-2-4-16(17(15)27-18)23-19(24)20(21)9-11-26-12-10-20;/h5-8,16H,2-4,9-12,21H2,1H3,(H,23,24);1H. The number of carbonyl (C=O) groups is 1. The van der Waals surface area contributed by atoms with Crippen molar-refractivity contribution in [3.63, 3.8) is 0 Å². The van der Waals surface area contributed by atoms with Gasteiger partial charge >= 0.3 is 0 Å². The van der Waals surface area contributed by atoms with E-state index in [4.69, 9.17) is 20.2 Å². The van der Waals surface area contributed by atoms with Crippen LogP contribution in [-0.2, 0) is 16.0 Å². The molecular weight excluding hydrogens is 398 g/mol. The van der Waals surface area contributed by atoms with E-state index in [1.54, 1.807) is 18.4 Å². The van der Waals surface area contributed by atoms with Crippen molar-refractivity contribution in [3.05, 3.63) is 34.8 Å². The Morgan fingerprint density at radius 1 is 1.32 bits per heavy atom. The Morgan fingerprint density at radius 2 is 2.04 bits per heavy atom. The highest BCUT2D eigenvalue weighted by atomic mass is 35.5. The number of nitrogens with two attached hydrogens (primary N) is 1. The minimum Gasteiger partial charge on any atom is -0.497 e. The Hall–Kier alpha value is -1.67. The van der Waals surface area contributed by atoms with Gasteiger partial charge in [-0.05, 0) is 56.4 Å². The molecule has 152 valence electrons. The number of nitrogens with zero attached hydrogens (tertiary/aromatic N) is 1. The number of methoxy groups -OCH3 is 1. The molecule has 6 nitrogen and oxygen atoms in total. The van der Waals surface area contributed by atoms with Gasteiger partial charge in [-0.15, -0.1) is 23.7 Å². The zero-order chi connectivity index (χ0) is 18.9. The topological polar surface area (TPSA) is 86.5 Å². The molecule has 2 heterocycles. The molecule has 28 heavy (non-hydrogen) atoms. The number of thiazole rings is 1. The van der Waals surface area contributed by atoms with Gasteiger partial charge in [-0.2, -0.15) is 0 Å². The molecule has 1 amide bonds. The summed E-state index contributed by atoms with van der Waals surface area (Å²) in [5.41, 5.74) is 7.69. The first-order valence-corrected chi connectivity index (χ1v) is 10.2. The molecule has 1 atom stereocenters. The predicted octanol–water partition coefficient (Wildman–Crippen LogP) is 3.24. The molecule has 2 aromatic rings. The predicted molar refractivity (Wildman–Crippen MR) is 112 cm³/mol. The van der Waals surface area contributed by atoms with Crippen LogP contribution in [0.25, 0.3) is 10.6 Å². The second kappa shape index (κ2) is 8.78. The van der Waals surface area contributed by atoms with Crippen LogP contribution in [0, 0.1) is 0 Å². The minimum atomic E-state index is -0.820. The number of halogens is 1. The largest absolute Gasteiger partial charge is 0.497 e. The molecule has 1 saturated heterocycles. The number of fused-ring (bicyclic) bond motifs is 1. The Labute approximate surface area is 175 Å². The third-order valence-electron chi connectivity index (χ3n) is 5.43. The molecule has 0 bridgehead atoms. The van der Waals surface area contributed by atoms with E-state index in [1.165, 1.54) is 0 Å². The SMILES string of the molecule is COc1ccc(-c2nc3c(s2)C(NC(=O)C2(N)CCOCC2)CCC3)cc1.Cl. The summed E-state index contributed by atoms with van der Waals surface area (Å²) < 4.78 is 10.6. The number of hydrogen-bond acceptors (Lipinski definition) is 6. The first kappa shape index (κ1) is 21.0. The maximum atomic E-state index is 12.8. The van der Waals surface area contributed by atoms with Gasteiger partial charge in [0.15, 0.2) is 0 Å². The van der Waals surface area contributed by atoms with E-state index in [1.807, 2.05) is 24.3 Å². The van der Waals surface area contributed by atoms with Gasteiger partial charge in [-0.3, -0.25) is 4.79 Å². The molecule has 2 aliphatic rings. The number of amides is 1. The monoisotopic (exact) mass is 423 g/mol. The molecule has 4 rings (SSSR count). The summed E-state index contributed by atoms with van der Waals surface area (Å²) in [5, 5.41) is 4.18. The average molecular weight is 424 g/mol. The third-order valence-corrected chi connectivity index (χ3v) is 6.69. The first-order chi connectivity index (χ1) is 13.1. The van der Waals surface area contributed by atoms with E-state index in [0.717, 1.165) is 46.2 Å². The van der Waals surface area contributed by atoms with Crippen molar-refractivity contribution in [3.8, 4) is 16.3 Å². The zero-order valence-electron chi connectivity index (χ0n) is 15.9. The summed E-state index contributed by atoms with van der Waals surface area (Å²) in [5.74, 6) is 0.762. The Morgan fingerprint density at radius 3 is 2.71 bits per heavy atom. The lowest BCUT2D eigenvalue weighted by molar-refractivity contribution is -0.130. The van der Waals surface area contributed by atoms with Crippen molar-refractivity contribution in [1.29, 1.82) is 0 Å². The maximum Gasteiger partial charge on any atom is 0.240 e. The molecule has 0 saturated carbocycles. The highest BCUT2D eigenvalue weighted by Crippen LogP contribution is 2.38. The van der Waals surface area contributed by atoms with Gasteiger partial charge in [-0.25, -0.2) is 4.98 Å². The number of aryl methyl sites for hydroxylation is 1. The fraction of sp³-hybridized carbons (Fsp3) is 0.500. The van der Waals surface area contributed by atoms with Crippen LogP contribution in [0.5, 0.6) is 5.75 Å². The summed E-state index contributed by atoms with van der Waals surface area (Å²) >= 11 is 1.67. The number of hydrogen-bond donors (Lipinski definition) is 2. The van der Waals surface area contributed by atoms with Crippen LogP contribution in [0.2, 0.25) is 0 Å². The van der Waals surface area contributed by atoms with Gasteiger partial charge < -0.3 is 20.5 Å². The number of rotatable bonds is 4. The molecule has 1 aromatic carbocycles. The van der Waals surface area contributed by atoms with Crippen molar-refractivity contribution < 1.29 is 14.3 Å². The average Bonchev–Trinajstić information content (AvgIpc) is 3.14. The number of aromatic nitrogens is 1. The van der Waals surface area contributed by atoms with Crippen molar-refractivity contribution in [2.24, 2.45) is 5.73 Å². The van der Waals surface area contributed by atoms with Gasteiger partial charge in [0.2, 0.25) is 5.91 Å². The molecule has 1 fully saturated rings. The van der Waals surface area contributed by atoms with Crippen LogP contribution in [0.1, 0.15) is 42.3 Å². The first-order valence-electron chi connectivity index (χ1n) is 9.41. The summed E-state index contributed by atoms with van der Waals surface area (Å²) in [6, 6.07) is 7.92. The molecule has 1 aliphatic carbocycles. The molecule has 0 spiro atoms. The van der Waals surface area contributed by atoms with Crippen LogP contribution >= 0.6 is 23.7 Å². The normalized spacial score (nSPS) is 20.6. The van der Waals surface area contributed by atoms with Crippen LogP contribution in [0.15, 0.2) is 24.3 Å². The van der Waals surface area contributed by atoms with E-state index in [-0.39, 0.29) is 24.4 Å². The number of benzene rings is 1. The lowest BCUT2D eigenvalue weighted by atomic mass is 9.89. The fourth-order valence-electron chi connectivity index (χ4n) is 3.68. The third kappa shape index (κ3) is 4.17. The Balaban J connectivity index is 0.00000225. The van der Waals surface area contributed by atoms with E-state index < -0.39 is 5.54 Å². The van der Waals surface area contributed by atoms with Crippen molar-refractivity contribution in [1.82, 2.24) is 10.3 Å². The van der Waals surface area contributed by atoms with Crippen molar-refractivity contribution >= 4 is 29.7 Å². The van der Waals surface area contributed by atoms with Crippen LogP contribution < -0.4 is 15.8 Å². The highest BCUT2D eigenvalue weighted by molar-refractivity contribution is 7.15. The van der Waals surface area contributed by atoms with Crippen molar-refractivity contribution in [2.75, 3.05) is 20.3 Å². The summed E-state index contributed by atoms with van der Waals surface area (Å²) in [4.78, 5) is 18.8. The lowest BCUT2D eigenvalue weighted by Gasteiger charge is -2.34. The molecule has 1 unspecified atom stereocenters. The summed E-state index contributed by atoms with van der Waals surface area (Å²) in [7, 11) is 1.66. The van der Waals surface area contributed by atoms with E-state index in [2.05, 4.69) is 5.32 Å². The van der Waals surface area contributed by atoms with Gasteiger partial charge in [0.05, 0.1) is 29.3 Å². The molecular formula is C20H26ClN3O3S. The van der Waals surface area contributed by atoms with Gasteiger partial charge in [0.25, 0.3) is 0 Å². The van der Waals surface area contributed by atoms with Gasteiger partial charge in [0, 0.05) is 18.8 Å². The second-order valence-corrected chi connectivity index (χ2v) is 8.28. The fourth-order valence-corrected chi connectivity index (χ4v) is 4.88. The number of ether oxygens (including phenoxy) is 2. The molecule has 0 radical (unpaired) electrons. The van der Waals surface area contributed by atoms with Gasteiger partial charge in [0.1, 0.15) is 10.8 Å². The summed E-state index contributed by atoms with van der Waals surface area (Å²) in [6.45, 7) is 1.09. The van der Waals surface area contributed by atoms with E-state index >= 15 is 0 Å². The number of carbonyl (C=O) groups excluding carboxylic acids is 1. The summed E-state index contributed by atoms with van der Waals surface area (Å²) in [6.07, 6.45) is 4.03. The Kier molecular flexibility index (Phi) is 6.60. The van der Waals surface area contributed by atoms with Crippen LogP contribution in [0.4, 0.5) is 0 Å². The van der Waals surface area contributed by atoms with E-state index in [9.17, 15) is 4.79 Å². The molecule has 1 aliphatic heterocycles. The lowest BCUT2D eigenvalue weighted by Crippen LogP contribution is -2.57. The smallest absolute Gasteiger partial charge is 0.240 e. The van der Waals surface area contributed by atoms with E-state index in [0.29, 0.717) is 26.1 Å². The van der Waals surface area contributed by atoms with Gasteiger partial charge in [-0.1, -0.05) is 0 Å². The maximum absolute atomic E-state index is 12.8. The second-order valence-electron chi connectivity index (χ2n) is 7.25. The molecule has 8 heteroatoms. The van der Waals surface area contributed by atoms with Crippen molar-refractivity contribution in [2.45, 2.75) is 43.7 Å². The van der Waals surface area contributed by atoms with Crippen LogP contribution in [-0.4, -0.2) is 36.8 Å². The quantitative estimate of drug-likeness (QED) is 0.788. The number of nitrogens with one attached hydrogen (secondary N) is 1.